The minimum absolute atomic E-state index is 0.0463. The lowest BCUT2D eigenvalue weighted by Crippen LogP contribution is -2.31. The van der Waals surface area contributed by atoms with Crippen molar-refractivity contribution in [2.45, 2.75) is 46.1 Å². The van der Waals surface area contributed by atoms with Crippen molar-refractivity contribution in [2.75, 3.05) is 26.4 Å². The molecule has 0 saturated carbocycles. The van der Waals surface area contributed by atoms with E-state index in [1.54, 1.807) is 36.4 Å². The highest BCUT2D eigenvalue weighted by atomic mass is 16.5. The second kappa shape index (κ2) is 13.7. The van der Waals surface area contributed by atoms with Crippen LogP contribution in [-0.4, -0.2) is 48.1 Å². The quantitative estimate of drug-likeness (QED) is 0.154. The number of carbonyl (C=O) groups excluding carboxylic acids is 2. The Morgan fingerprint density at radius 1 is 0.825 bits per heavy atom. The van der Waals surface area contributed by atoms with Crippen molar-refractivity contribution >= 4 is 17.4 Å². The highest BCUT2D eigenvalue weighted by Gasteiger charge is 2.46. The smallest absolute Gasteiger partial charge is 0.295 e. The Morgan fingerprint density at radius 2 is 1.52 bits per heavy atom. The van der Waals surface area contributed by atoms with Crippen LogP contribution < -0.4 is 14.2 Å². The fraction of sp³-hybridized carbons (Fsp3) is 0.333. The SMILES string of the molecule is CCCOc1ccc(/C(O)=C2\C(=O)C(=O)N(CCc3ccccc3)C2c2ccc(OCCC)c(OCC)c2)cc1. The van der Waals surface area contributed by atoms with E-state index in [1.807, 2.05) is 57.2 Å². The van der Waals surface area contributed by atoms with E-state index in [1.165, 1.54) is 4.90 Å². The van der Waals surface area contributed by atoms with Gasteiger partial charge in [-0.2, -0.15) is 0 Å². The fourth-order valence-electron chi connectivity index (χ4n) is 4.73. The van der Waals surface area contributed by atoms with Crippen LogP contribution in [0.4, 0.5) is 0 Å². The topological polar surface area (TPSA) is 85.3 Å². The third kappa shape index (κ3) is 6.47. The van der Waals surface area contributed by atoms with Crippen molar-refractivity contribution < 1.29 is 28.9 Å². The Labute approximate surface area is 236 Å². The summed E-state index contributed by atoms with van der Waals surface area (Å²) < 4.78 is 17.4. The van der Waals surface area contributed by atoms with Gasteiger partial charge in [0.1, 0.15) is 11.5 Å². The van der Waals surface area contributed by atoms with E-state index in [0.29, 0.717) is 61.2 Å². The average molecular weight is 544 g/mol. The number of aliphatic hydroxyl groups excluding tert-OH is 1. The van der Waals surface area contributed by atoms with Crippen LogP contribution in [0.1, 0.15) is 56.3 Å². The molecule has 0 aliphatic carbocycles. The Kier molecular flexibility index (Phi) is 9.84. The monoisotopic (exact) mass is 543 g/mol. The summed E-state index contributed by atoms with van der Waals surface area (Å²) >= 11 is 0. The van der Waals surface area contributed by atoms with Gasteiger partial charge in [-0.05, 0) is 73.7 Å². The molecule has 40 heavy (non-hydrogen) atoms. The fourth-order valence-corrected chi connectivity index (χ4v) is 4.73. The van der Waals surface area contributed by atoms with Crippen LogP contribution in [0.5, 0.6) is 17.2 Å². The molecule has 1 amide bonds. The van der Waals surface area contributed by atoms with E-state index in [4.69, 9.17) is 14.2 Å². The number of carbonyl (C=O) groups is 2. The zero-order valence-electron chi connectivity index (χ0n) is 23.4. The molecule has 1 unspecified atom stereocenters. The molecule has 1 aliphatic rings. The molecule has 0 bridgehead atoms. The van der Waals surface area contributed by atoms with Crippen LogP contribution in [0, 0.1) is 0 Å². The van der Waals surface area contributed by atoms with Crippen LogP contribution in [0.2, 0.25) is 0 Å². The predicted molar refractivity (Wildman–Crippen MR) is 155 cm³/mol. The molecule has 0 radical (unpaired) electrons. The maximum absolute atomic E-state index is 13.5. The van der Waals surface area contributed by atoms with E-state index in [2.05, 4.69) is 0 Å². The van der Waals surface area contributed by atoms with Crippen molar-refractivity contribution in [3.05, 3.63) is 95.1 Å². The van der Waals surface area contributed by atoms with E-state index < -0.39 is 17.7 Å². The molecule has 3 aromatic carbocycles. The number of hydrogen-bond donors (Lipinski definition) is 1. The molecule has 3 aromatic rings. The van der Waals surface area contributed by atoms with Gasteiger partial charge in [0, 0.05) is 12.1 Å². The van der Waals surface area contributed by atoms with Crippen LogP contribution in [0.15, 0.2) is 78.4 Å². The molecular formula is C33H37NO6. The molecule has 4 rings (SSSR count). The first kappa shape index (κ1) is 28.7. The van der Waals surface area contributed by atoms with Gasteiger partial charge in [-0.15, -0.1) is 0 Å². The highest BCUT2D eigenvalue weighted by Crippen LogP contribution is 2.42. The molecule has 0 aromatic heterocycles. The van der Waals surface area contributed by atoms with Gasteiger partial charge in [0.2, 0.25) is 0 Å². The maximum atomic E-state index is 13.5. The molecule has 210 valence electrons. The summed E-state index contributed by atoms with van der Waals surface area (Å²) in [4.78, 5) is 28.4. The number of ketones is 1. The Hall–Kier alpha value is -4.26. The summed E-state index contributed by atoms with van der Waals surface area (Å²) in [5.74, 6) is 0.204. The molecule has 1 aliphatic heterocycles. The standard InChI is InChI=1S/C33H37NO6/c1-4-20-39-26-15-12-24(13-16-26)31(35)29-30(25-14-17-27(40-21-5-2)28(22-25)38-6-3)34(33(37)32(29)36)19-18-23-10-8-7-9-11-23/h7-17,22,30,35H,4-6,18-21H2,1-3H3/b31-29+. The van der Waals surface area contributed by atoms with Crippen molar-refractivity contribution in [2.24, 2.45) is 0 Å². The first-order valence-electron chi connectivity index (χ1n) is 13.9. The second-order valence-corrected chi connectivity index (χ2v) is 9.59. The van der Waals surface area contributed by atoms with Crippen molar-refractivity contribution in [1.29, 1.82) is 0 Å². The zero-order chi connectivity index (χ0) is 28.5. The second-order valence-electron chi connectivity index (χ2n) is 9.59. The maximum Gasteiger partial charge on any atom is 0.295 e. The van der Waals surface area contributed by atoms with Gasteiger partial charge >= 0.3 is 0 Å². The number of hydrogen-bond acceptors (Lipinski definition) is 6. The number of likely N-dealkylation sites (tertiary alicyclic amines) is 1. The minimum atomic E-state index is -0.792. The van der Waals surface area contributed by atoms with E-state index >= 15 is 0 Å². The normalized spacial score (nSPS) is 16.3. The number of rotatable bonds is 13. The average Bonchev–Trinajstić information content (AvgIpc) is 3.24. The molecule has 1 atom stereocenters. The third-order valence-corrected chi connectivity index (χ3v) is 6.67. The number of Topliss-reactive ketones (excluding diaryl/α,β-unsaturated/α-hetero) is 1. The number of ether oxygens (including phenoxy) is 3. The lowest BCUT2D eigenvalue weighted by atomic mass is 9.94. The zero-order valence-corrected chi connectivity index (χ0v) is 23.4. The number of nitrogens with zero attached hydrogens (tertiary/aromatic N) is 1. The van der Waals surface area contributed by atoms with Crippen LogP contribution in [-0.2, 0) is 16.0 Å². The molecule has 1 heterocycles. The Bertz CT molecular complexity index is 1330. The lowest BCUT2D eigenvalue weighted by Gasteiger charge is -2.26. The summed E-state index contributed by atoms with van der Waals surface area (Å²) in [6, 6.07) is 21.3. The van der Waals surface area contributed by atoms with Gasteiger partial charge in [0.15, 0.2) is 11.5 Å². The third-order valence-electron chi connectivity index (χ3n) is 6.67. The van der Waals surface area contributed by atoms with Crippen LogP contribution in [0.25, 0.3) is 5.76 Å². The summed E-state index contributed by atoms with van der Waals surface area (Å²) in [5, 5.41) is 11.4. The van der Waals surface area contributed by atoms with Crippen molar-refractivity contribution in [1.82, 2.24) is 4.90 Å². The number of aliphatic hydroxyl groups is 1. The Morgan fingerprint density at radius 3 is 2.20 bits per heavy atom. The first-order chi connectivity index (χ1) is 19.5. The van der Waals surface area contributed by atoms with Gasteiger partial charge in [0.25, 0.3) is 11.7 Å². The number of amides is 1. The molecule has 1 fully saturated rings. The van der Waals surface area contributed by atoms with E-state index in [9.17, 15) is 14.7 Å². The predicted octanol–water partition coefficient (Wildman–Crippen LogP) is 6.33. The largest absolute Gasteiger partial charge is 0.507 e. The lowest BCUT2D eigenvalue weighted by molar-refractivity contribution is -0.139. The van der Waals surface area contributed by atoms with Gasteiger partial charge in [0.05, 0.1) is 31.4 Å². The summed E-state index contributed by atoms with van der Waals surface area (Å²) in [5.41, 5.74) is 2.18. The van der Waals surface area contributed by atoms with Gasteiger partial charge in [-0.1, -0.05) is 50.2 Å². The molecule has 0 spiro atoms. The van der Waals surface area contributed by atoms with E-state index in [-0.39, 0.29) is 11.3 Å². The molecule has 7 heteroatoms. The van der Waals surface area contributed by atoms with Crippen LogP contribution >= 0.6 is 0 Å². The minimum Gasteiger partial charge on any atom is -0.507 e. The van der Waals surface area contributed by atoms with Crippen LogP contribution in [0.3, 0.4) is 0 Å². The van der Waals surface area contributed by atoms with Gasteiger partial charge in [-0.25, -0.2) is 0 Å². The summed E-state index contributed by atoms with van der Waals surface area (Å²) in [6.07, 6.45) is 2.28. The van der Waals surface area contributed by atoms with Crippen molar-refractivity contribution in [3.63, 3.8) is 0 Å². The molecular weight excluding hydrogens is 506 g/mol. The first-order valence-corrected chi connectivity index (χ1v) is 13.9. The van der Waals surface area contributed by atoms with Crippen molar-refractivity contribution in [3.8, 4) is 17.2 Å². The van der Waals surface area contributed by atoms with Gasteiger partial charge in [-0.3, -0.25) is 9.59 Å². The highest BCUT2D eigenvalue weighted by molar-refractivity contribution is 6.46. The summed E-state index contributed by atoms with van der Waals surface area (Å²) in [6.45, 7) is 7.78. The molecule has 7 nitrogen and oxygen atoms in total. The number of benzene rings is 3. The Balaban J connectivity index is 1.77. The summed E-state index contributed by atoms with van der Waals surface area (Å²) in [7, 11) is 0. The van der Waals surface area contributed by atoms with Gasteiger partial charge < -0.3 is 24.2 Å². The molecule has 1 saturated heterocycles. The van der Waals surface area contributed by atoms with E-state index in [0.717, 1.165) is 18.4 Å². The molecule has 1 N–H and O–H groups in total.